The Morgan fingerprint density at radius 3 is 2.94 bits per heavy atom. The van der Waals surface area contributed by atoms with E-state index in [-0.39, 0.29) is 6.42 Å². The maximum Gasteiger partial charge on any atom is 0.307 e. The number of aryl methyl sites for hydroxylation is 1. The number of thiazole rings is 1. The van der Waals surface area contributed by atoms with Crippen LogP contribution >= 0.6 is 11.3 Å². The molecule has 0 saturated heterocycles. The number of hydrogen-bond acceptors (Lipinski definition) is 6. The van der Waals surface area contributed by atoms with E-state index >= 15 is 0 Å². The van der Waals surface area contributed by atoms with Crippen molar-refractivity contribution in [2.45, 2.75) is 26.7 Å². The van der Waals surface area contributed by atoms with Crippen LogP contribution in [0, 0.1) is 6.92 Å². The molecule has 1 aliphatic rings. The van der Waals surface area contributed by atoms with Gasteiger partial charge in [0, 0.05) is 42.7 Å². The van der Waals surface area contributed by atoms with Gasteiger partial charge in [0.2, 0.25) is 0 Å². The Labute approximate surface area is 184 Å². The van der Waals surface area contributed by atoms with Crippen LogP contribution in [0.15, 0.2) is 30.5 Å². The minimum Gasteiger partial charge on any atom is -0.493 e. The predicted molar refractivity (Wildman–Crippen MR) is 125 cm³/mol. The lowest BCUT2D eigenvalue weighted by Crippen LogP contribution is -2.14. The summed E-state index contributed by atoms with van der Waals surface area (Å²) in [5, 5.41) is 11.6. The molecule has 0 spiro atoms. The van der Waals surface area contributed by atoms with Gasteiger partial charge in [0.05, 0.1) is 28.8 Å². The van der Waals surface area contributed by atoms with Crippen molar-refractivity contribution in [1.29, 1.82) is 0 Å². The number of nitrogens with zero attached hydrogens (tertiary/aromatic N) is 3. The van der Waals surface area contributed by atoms with Gasteiger partial charge >= 0.3 is 5.97 Å². The number of fused-ring (bicyclic) bond motifs is 1. The summed E-state index contributed by atoms with van der Waals surface area (Å²) < 4.78 is 6.89. The Balaban J connectivity index is 1.88. The first kappa shape index (κ1) is 19.8. The molecule has 4 aromatic rings. The number of benzene rings is 2. The second-order valence-electron chi connectivity index (χ2n) is 7.88. The number of carbonyl (C=O) groups is 1. The number of anilines is 1. The molecule has 0 radical (unpaired) electrons. The van der Waals surface area contributed by atoms with E-state index in [0.717, 1.165) is 67.2 Å². The average molecular weight is 434 g/mol. The highest BCUT2D eigenvalue weighted by atomic mass is 32.1. The lowest BCUT2D eigenvalue weighted by molar-refractivity contribution is -0.136. The molecule has 31 heavy (non-hydrogen) atoms. The van der Waals surface area contributed by atoms with Crippen LogP contribution in [0.2, 0.25) is 0 Å². The number of ether oxygens (including phenoxy) is 1. The van der Waals surface area contributed by atoms with E-state index in [9.17, 15) is 9.90 Å². The summed E-state index contributed by atoms with van der Waals surface area (Å²) in [4.78, 5) is 23.4. The van der Waals surface area contributed by atoms with Gasteiger partial charge in [-0.05, 0) is 54.8 Å². The van der Waals surface area contributed by atoms with Gasteiger partial charge in [0.1, 0.15) is 5.75 Å². The number of aliphatic carboxylic acids is 1. The molecule has 2 aromatic heterocycles. The number of pyridine rings is 1. The van der Waals surface area contributed by atoms with Gasteiger partial charge in [-0.3, -0.25) is 9.78 Å². The quantitative estimate of drug-likeness (QED) is 0.485. The van der Waals surface area contributed by atoms with Crippen LogP contribution in [0.4, 0.5) is 5.13 Å². The second kappa shape index (κ2) is 7.50. The van der Waals surface area contributed by atoms with Crippen LogP contribution in [-0.2, 0) is 17.6 Å². The highest BCUT2D eigenvalue weighted by molar-refractivity contribution is 7.22. The van der Waals surface area contributed by atoms with Crippen molar-refractivity contribution >= 4 is 43.6 Å². The third kappa shape index (κ3) is 3.20. The molecule has 1 N–H and O–H groups in total. The van der Waals surface area contributed by atoms with E-state index in [0.29, 0.717) is 6.61 Å². The number of carboxylic acids is 1. The van der Waals surface area contributed by atoms with Crippen molar-refractivity contribution < 1.29 is 14.6 Å². The van der Waals surface area contributed by atoms with Gasteiger partial charge in [-0.2, -0.15) is 0 Å². The molecule has 0 bridgehead atoms. The molecule has 0 fully saturated rings. The summed E-state index contributed by atoms with van der Waals surface area (Å²) in [7, 11) is 2.02. The Bertz CT molecular complexity index is 1340. The number of aromatic nitrogens is 2. The fraction of sp³-hybridized carbons (Fsp3) is 0.292. The highest BCUT2D eigenvalue weighted by Crippen LogP contribution is 2.44. The van der Waals surface area contributed by atoms with Crippen molar-refractivity contribution in [1.82, 2.24) is 9.97 Å². The molecule has 0 aliphatic carbocycles. The summed E-state index contributed by atoms with van der Waals surface area (Å²) in [5.41, 5.74) is 6.56. The van der Waals surface area contributed by atoms with Gasteiger partial charge in [-0.25, -0.2) is 4.98 Å². The summed E-state index contributed by atoms with van der Waals surface area (Å²) in [6.07, 6.45) is 2.63. The molecule has 2 aromatic carbocycles. The van der Waals surface area contributed by atoms with E-state index < -0.39 is 5.97 Å². The van der Waals surface area contributed by atoms with Gasteiger partial charge in [-0.15, -0.1) is 0 Å². The Hall–Kier alpha value is -3.19. The van der Waals surface area contributed by atoms with E-state index in [1.807, 2.05) is 44.4 Å². The molecule has 5 rings (SSSR count). The van der Waals surface area contributed by atoms with Crippen LogP contribution in [0.1, 0.15) is 23.6 Å². The van der Waals surface area contributed by atoms with Crippen molar-refractivity contribution in [3.8, 4) is 16.9 Å². The first-order valence-electron chi connectivity index (χ1n) is 10.4. The molecule has 7 heteroatoms. The maximum atomic E-state index is 11.8. The number of hydrogen-bond donors (Lipinski definition) is 1. The fourth-order valence-corrected chi connectivity index (χ4v) is 5.45. The molecule has 158 valence electrons. The largest absolute Gasteiger partial charge is 0.493 e. The molecule has 0 amide bonds. The molecule has 1 aliphatic heterocycles. The van der Waals surface area contributed by atoms with E-state index in [1.54, 1.807) is 11.3 Å². The van der Waals surface area contributed by atoms with Crippen molar-refractivity contribution in [3.05, 3.63) is 47.2 Å². The average Bonchev–Trinajstić information content (AvgIpc) is 3.18. The molecule has 0 atom stereocenters. The van der Waals surface area contributed by atoms with Crippen LogP contribution in [0.25, 0.3) is 32.2 Å². The Morgan fingerprint density at radius 2 is 2.16 bits per heavy atom. The zero-order chi connectivity index (χ0) is 21.7. The predicted octanol–water partition coefficient (Wildman–Crippen LogP) is 4.84. The molecular formula is C24H23N3O3S. The fourth-order valence-electron chi connectivity index (χ4n) is 4.29. The highest BCUT2D eigenvalue weighted by Gasteiger charge is 2.24. The monoisotopic (exact) mass is 433 g/mol. The zero-order valence-corrected chi connectivity index (χ0v) is 18.5. The summed E-state index contributed by atoms with van der Waals surface area (Å²) >= 11 is 1.60. The van der Waals surface area contributed by atoms with Gasteiger partial charge in [-0.1, -0.05) is 11.3 Å². The Kier molecular flexibility index (Phi) is 4.78. The zero-order valence-electron chi connectivity index (χ0n) is 17.7. The molecular weight excluding hydrogens is 410 g/mol. The van der Waals surface area contributed by atoms with Gasteiger partial charge in [0.25, 0.3) is 0 Å². The molecule has 3 heterocycles. The number of carboxylic acid groups (broad SMARTS) is 1. The van der Waals surface area contributed by atoms with E-state index in [4.69, 9.17) is 14.7 Å². The lowest BCUT2D eigenvalue weighted by Gasteiger charge is -2.21. The van der Waals surface area contributed by atoms with Crippen LogP contribution in [0.3, 0.4) is 0 Å². The van der Waals surface area contributed by atoms with Crippen molar-refractivity contribution in [2.24, 2.45) is 0 Å². The number of rotatable bonds is 5. The maximum absolute atomic E-state index is 11.8. The third-order valence-electron chi connectivity index (χ3n) is 5.97. The van der Waals surface area contributed by atoms with E-state index in [1.165, 1.54) is 5.56 Å². The minimum atomic E-state index is -0.849. The third-order valence-corrected chi connectivity index (χ3v) is 7.17. The van der Waals surface area contributed by atoms with Crippen LogP contribution in [0.5, 0.6) is 5.75 Å². The first-order valence-corrected chi connectivity index (χ1v) is 11.2. The summed E-state index contributed by atoms with van der Waals surface area (Å²) in [6, 6.07) is 8.05. The van der Waals surface area contributed by atoms with Gasteiger partial charge < -0.3 is 14.7 Å². The minimum absolute atomic E-state index is 0.0482. The topological polar surface area (TPSA) is 75.6 Å². The lowest BCUT2D eigenvalue weighted by atomic mass is 9.90. The van der Waals surface area contributed by atoms with Crippen LogP contribution in [-0.4, -0.2) is 41.2 Å². The van der Waals surface area contributed by atoms with E-state index in [2.05, 4.69) is 11.8 Å². The first-order chi connectivity index (χ1) is 15.0. The van der Waals surface area contributed by atoms with Gasteiger partial charge in [0.15, 0.2) is 5.13 Å². The van der Waals surface area contributed by atoms with Crippen molar-refractivity contribution in [2.75, 3.05) is 25.1 Å². The summed E-state index contributed by atoms with van der Waals surface area (Å²) in [6.45, 7) is 5.55. The SMILES string of the molecule is CCN(C)c1nc2cc(C)c(CC(=O)O)c(-c3ccc4c5c(ccnc35)CCO4)c2s1. The standard InChI is InChI=1S/C24H23N3O3S/c1-4-27(3)24-26-17-11-13(2)16(12-19(28)29)21(23(17)31-24)15-5-6-18-20-14(8-10-30-18)7-9-25-22(15)20/h5-7,9,11H,4,8,10,12H2,1-3H3,(H,28,29). The summed E-state index contributed by atoms with van der Waals surface area (Å²) in [5.74, 6) is -0.00868. The van der Waals surface area contributed by atoms with Crippen molar-refractivity contribution in [3.63, 3.8) is 0 Å². The second-order valence-corrected chi connectivity index (χ2v) is 8.86. The van der Waals surface area contributed by atoms with Crippen LogP contribution < -0.4 is 9.64 Å². The molecule has 0 unspecified atom stereocenters. The molecule has 0 saturated carbocycles. The normalized spacial score (nSPS) is 12.9. The smallest absolute Gasteiger partial charge is 0.307 e. The molecule has 6 nitrogen and oxygen atoms in total. The Morgan fingerprint density at radius 1 is 1.32 bits per heavy atom.